The highest BCUT2D eigenvalue weighted by atomic mass is 35.5. The van der Waals surface area contributed by atoms with E-state index in [9.17, 15) is 23.7 Å². The normalized spacial score (nSPS) is 10.6. The van der Waals surface area contributed by atoms with E-state index in [1.165, 1.54) is 0 Å². The lowest BCUT2D eigenvalue weighted by molar-refractivity contribution is -0.389. The molecule has 0 aromatic carbocycles. The second kappa shape index (κ2) is 4.67. The van der Waals surface area contributed by atoms with Crippen LogP contribution >= 0.6 is 23.2 Å². The summed E-state index contributed by atoms with van der Waals surface area (Å²) >= 11 is 10.4. The number of nitrogens with zero attached hydrogens (tertiary/aromatic N) is 2. The monoisotopic (exact) mass is 270 g/mol. The number of rotatable bonds is 3. The third-order valence-electron chi connectivity index (χ3n) is 1.59. The van der Waals surface area contributed by atoms with Crippen LogP contribution in [-0.4, -0.2) is 15.1 Å². The zero-order valence-corrected chi connectivity index (χ0v) is 8.80. The van der Waals surface area contributed by atoms with Crippen molar-refractivity contribution in [3.63, 3.8) is 0 Å². The minimum absolute atomic E-state index is 0.624. The smallest absolute Gasteiger partial charge is 0.358 e. The summed E-state index contributed by atoms with van der Waals surface area (Å²) in [5.41, 5.74) is -1.82. The van der Waals surface area contributed by atoms with Crippen LogP contribution < -0.4 is 0 Å². The molecule has 5 nitrogen and oxygen atoms in total. The van der Waals surface area contributed by atoms with Crippen molar-refractivity contribution in [2.24, 2.45) is 0 Å². The molecule has 0 saturated heterocycles. The summed E-state index contributed by atoms with van der Waals surface area (Å²) in [6, 6.07) is 0.631. The van der Waals surface area contributed by atoms with Gasteiger partial charge in [0.2, 0.25) is 5.69 Å². The van der Waals surface area contributed by atoms with Gasteiger partial charge in [0.25, 0.3) is 11.7 Å². The Labute approximate surface area is 97.1 Å². The lowest BCUT2D eigenvalue weighted by atomic mass is 10.2. The molecule has 1 heterocycles. The first-order valence-corrected chi connectivity index (χ1v) is 4.43. The molecule has 0 unspecified atom stereocenters. The Bertz CT molecular complexity index is 467. The Kier molecular flexibility index (Phi) is 3.71. The van der Waals surface area contributed by atoms with Gasteiger partial charge in [-0.05, 0) is 21.5 Å². The molecule has 1 aromatic rings. The van der Waals surface area contributed by atoms with Crippen LogP contribution in [0.25, 0.3) is 0 Å². The highest BCUT2D eigenvalue weighted by molar-refractivity contribution is 6.67. The van der Waals surface area contributed by atoms with E-state index in [-0.39, 0.29) is 0 Å². The number of hydrogen-bond acceptors (Lipinski definition) is 4. The van der Waals surface area contributed by atoms with Crippen LogP contribution in [0, 0.1) is 10.1 Å². The zero-order valence-electron chi connectivity index (χ0n) is 7.29. The van der Waals surface area contributed by atoms with Gasteiger partial charge >= 0.3 is 5.82 Å². The largest absolute Gasteiger partial charge is 0.365 e. The average Bonchev–Trinajstić information content (AvgIpc) is 2.15. The van der Waals surface area contributed by atoms with Gasteiger partial charge in [0.05, 0.1) is 16.7 Å². The summed E-state index contributed by atoms with van der Waals surface area (Å²) < 4.78 is 25.0. The summed E-state index contributed by atoms with van der Waals surface area (Å²) in [6.45, 7) is 0. The minimum atomic E-state index is -3.10. The fourth-order valence-corrected chi connectivity index (χ4v) is 1.38. The second-order valence-corrected chi connectivity index (χ2v) is 3.31. The quantitative estimate of drug-likeness (QED) is 0.481. The van der Waals surface area contributed by atoms with Crippen molar-refractivity contribution in [1.29, 1.82) is 0 Å². The number of alkyl halides is 2. The number of hydrogen-bond donors (Lipinski definition) is 0. The minimum Gasteiger partial charge on any atom is -0.358 e. The fourth-order valence-electron chi connectivity index (χ4n) is 0.962. The molecule has 0 amide bonds. The number of carbonyl (C=O) groups excluding carboxylic acids is 1. The highest BCUT2D eigenvalue weighted by Gasteiger charge is 2.29. The maximum absolute atomic E-state index is 12.5. The fraction of sp³-hybridized carbons (Fsp3) is 0.143. The van der Waals surface area contributed by atoms with Crippen molar-refractivity contribution in [3.05, 3.63) is 32.5 Å². The van der Waals surface area contributed by atoms with Crippen molar-refractivity contribution in [2.75, 3.05) is 0 Å². The summed E-state index contributed by atoms with van der Waals surface area (Å²) in [6.07, 6.45) is -3.10. The number of pyridine rings is 1. The highest BCUT2D eigenvalue weighted by Crippen LogP contribution is 2.32. The zero-order chi connectivity index (χ0) is 12.5. The Hall–Kier alpha value is -1.34. The molecule has 0 fully saturated rings. The standard InChI is InChI=1S/C7H2Cl2F2N2O3/c8-2-1-3(13(15)16)12-5(6(9)14)4(2)7(10)11/h1,7H. The third kappa shape index (κ3) is 2.42. The van der Waals surface area contributed by atoms with Crippen molar-refractivity contribution < 1.29 is 18.5 Å². The van der Waals surface area contributed by atoms with E-state index in [0.29, 0.717) is 6.07 Å². The molecule has 1 aromatic heterocycles. The Morgan fingerprint density at radius 2 is 2.12 bits per heavy atom. The third-order valence-corrected chi connectivity index (χ3v) is 2.08. The SMILES string of the molecule is O=C(Cl)c1nc([N+](=O)[O-])cc(Cl)c1C(F)F. The molecule has 0 spiro atoms. The molecule has 1 rings (SSSR count). The van der Waals surface area contributed by atoms with E-state index >= 15 is 0 Å². The summed E-state index contributed by atoms with van der Waals surface area (Å²) in [5.74, 6) is -0.821. The van der Waals surface area contributed by atoms with E-state index in [1.54, 1.807) is 0 Å². The van der Waals surface area contributed by atoms with Crippen LogP contribution in [0.15, 0.2) is 6.07 Å². The maximum atomic E-state index is 12.5. The first-order valence-electron chi connectivity index (χ1n) is 3.67. The Morgan fingerprint density at radius 3 is 2.50 bits per heavy atom. The van der Waals surface area contributed by atoms with E-state index in [4.69, 9.17) is 23.2 Å². The van der Waals surface area contributed by atoms with Gasteiger partial charge in [-0.25, -0.2) is 8.78 Å². The predicted molar refractivity (Wildman–Crippen MR) is 51.0 cm³/mol. The molecule has 0 N–H and O–H groups in total. The number of aromatic nitrogens is 1. The van der Waals surface area contributed by atoms with Crippen molar-refractivity contribution in [1.82, 2.24) is 4.98 Å². The number of nitro groups is 1. The predicted octanol–water partition coefficient (Wildman–Crippen LogP) is 2.96. The van der Waals surface area contributed by atoms with Gasteiger partial charge in [0.15, 0.2) is 0 Å². The van der Waals surface area contributed by atoms with Crippen LogP contribution in [0.2, 0.25) is 5.02 Å². The van der Waals surface area contributed by atoms with Crippen molar-refractivity contribution in [2.45, 2.75) is 6.43 Å². The van der Waals surface area contributed by atoms with Crippen LogP contribution in [0.4, 0.5) is 14.6 Å². The summed E-state index contributed by atoms with van der Waals surface area (Å²) in [7, 11) is 0. The van der Waals surface area contributed by atoms with Gasteiger partial charge in [-0.1, -0.05) is 11.6 Å². The molecule has 86 valence electrons. The molecule has 0 atom stereocenters. The molecule has 9 heteroatoms. The summed E-state index contributed by atoms with van der Waals surface area (Å²) in [4.78, 5) is 23.3. The second-order valence-electron chi connectivity index (χ2n) is 2.56. The van der Waals surface area contributed by atoms with Crippen molar-refractivity contribution in [3.8, 4) is 0 Å². The lowest BCUT2D eigenvalue weighted by Crippen LogP contribution is -2.06. The molecule has 0 aliphatic carbocycles. The van der Waals surface area contributed by atoms with Crippen molar-refractivity contribution >= 4 is 34.3 Å². The topological polar surface area (TPSA) is 73.1 Å². The molecular formula is C7H2Cl2F2N2O3. The molecule has 16 heavy (non-hydrogen) atoms. The van der Waals surface area contributed by atoms with Crippen LogP contribution in [0.5, 0.6) is 0 Å². The van der Waals surface area contributed by atoms with Gasteiger partial charge in [0.1, 0.15) is 0 Å². The number of halogens is 4. The lowest BCUT2D eigenvalue weighted by Gasteiger charge is -2.03. The Morgan fingerprint density at radius 1 is 1.56 bits per heavy atom. The van der Waals surface area contributed by atoms with E-state index in [2.05, 4.69) is 4.98 Å². The van der Waals surface area contributed by atoms with Crippen LogP contribution in [0.1, 0.15) is 22.5 Å². The van der Waals surface area contributed by atoms with Gasteiger partial charge in [-0.2, -0.15) is 0 Å². The maximum Gasteiger partial charge on any atom is 0.365 e. The van der Waals surface area contributed by atoms with Gasteiger partial charge in [-0.15, -0.1) is 0 Å². The van der Waals surface area contributed by atoms with E-state index in [1.807, 2.05) is 0 Å². The molecular weight excluding hydrogens is 269 g/mol. The molecule has 0 aliphatic rings. The summed E-state index contributed by atoms with van der Waals surface area (Å²) in [5, 5.41) is 8.39. The average molecular weight is 271 g/mol. The van der Waals surface area contributed by atoms with Gasteiger partial charge < -0.3 is 10.1 Å². The number of carbonyl (C=O) groups is 1. The molecule has 0 bridgehead atoms. The molecule has 0 radical (unpaired) electrons. The van der Waals surface area contributed by atoms with E-state index in [0.717, 1.165) is 0 Å². The first kappa shape index (κ1) is 12.7. The molecule has 0 aliphatic heterocycles. The van der Waals surface area contributed by atoms with Gasteiger partial charge in [-0.3, -0.25) is 4.79 Å². The van der Waals surface area contributed by atoms with Crippen LogP contribution in [-0.2, 0) is 0 Å². The first-order chi connectivity index (χ1) is 7.34. The molecule has 0 saturated carbocycles. The Balaban J connectivity index is 3.52. The van der Waals surface area contributed by atoms with Gasteiger partial charge in [0, 0.05) is 0 Å². The van der Waals surface area contributed by atoms with E-state index < -0.39 is 38.7 Å². The van der Waals surface area contributed by atoms with Crippen LogP contribution in [0.3, 0.4) is 0 Å².